The van der Waals surface area contributed by atoms with Crippen LogP contribution in [0.2, 0.25) is 0 Å². The summed E-state index contributed by atoms with van der Waals surface area (Å²) in [6, 6.07) is 16.6. The van der Waals surface area contributed by atoms with Gasteiger partial charge < -0.3 is 15.0 Å². The van der Waals surface area contributed by atoms with E-state index in [1.54, 1.807) is 11.8 Å². The second-order valence-corrected chi connectivity index (χ2v) is 9.14. The number of amides is 1. The van der Waals surface area contributed by atoms with Gasteiger partial charge in [-0.2, -0.15) is 0 Å². The minimum Gasteiger partial charge on any atom is -0.479 e. The standard InChI is InChI=1S/C28H31N5O2/c1-18-22(19(2)29-27-26(18)28(35-4)31-32(27)3)13-14-25(34)30-23-11-7-5-10-21(23)17-33-16-15-20-9-6-8-12-24(20)33/h5-12H,13-17H2,1-4H3,(H,30,34). The van der Waals surface area contributed by atoms with Crippen LogP contribution in [0.1, 0.15) is 34.4 Å². The van der Waals surface area contributed by atoms with E-state index < -0.39 is 0 Å². The molecule has 7 nitrogen and oxygen atoms in total. The van der Waals surface area contributed by atoms with E-state index in [1.807, 2.05) is 32.2 Å². The Morgan fingerprint density at radius 2 is 1.89 bits per heavy atom. The third-order valence-corrected chi connectivity index (χ3v) is 6.95. The summed E-state index contributed by atoms with van der Waals surface area (Å²) in [5.74, 6) is 0.562. The van der Waals surface area contributed by atoms with E-state index in [-0.39, 0.29) is 5.91 Å². The number of aromatic nitrogens is 3. The second-order valence-electron chi connectivity index (χ2n) is 9.14. The normalized spacial score (nSPS) is 12.7. The Balaban J connectivity index is 1.30. The predicted molar refractivity (Wildman–Crippen MR) is 139 cm³/mol. The zero-order valence-electron chi connectivity index (χ0n) is 20.8. The highest BCUT2D eigenvalue weighted by Gasteiger charge is 2.21. The van der Waals surface area contributed by atoms with Crippen molar-refractivity contribution in [1.82, 2.24) is 14.8 Å². The van der Waals surface area contributed by atoms with Gasteiger partial charge in [-0.25, -0.2) is 9.67 Å². The van der Waals surface area contributed by atoms with Crippen molar-refractivity contribution >= 4 is 28.3 Å². The molecular formula is C28H31N5O2. The minimum atomic E-state index is -0.00341. The van der Waals surface area contributed by atoms with Crippen molar-refractivity contribution in [2.24, 2.45) is 7.05 Å². The fourth-order valence-corrected chi connectivity index (χ4v) is 5.12. The molecule has 0 spiro atoms. The summed E-state index contributed by atoms with van der Waals surface area (Å²) in [5.41, 5.74) is 8.51. The van der Waals surface area contributed by atoms with E-state index in [0.29, 0.717) is 18.7 Å². The number of pyridine rings is 1. The van der Waals surface area contributed by atoms with Gasteiger partial charge in [-0.15, -0.1) is 5.10 Å². The quantitative estimate of drug-likeness (QED) is 0.424. The van der Waals surface area contributed by atoms with Crippen LogP contribution in [0.3, 0.4) is 0 Å². The number of ether oxygens (including phenoxy) is 1. The van der Waals surface area contributed by atoms with Gasteiger partial charge in [0.1, 0.15) is 0 Å². The number of fused-ring (bicyclic) bond motifs is 2. The Morgan fingerprint density at radius 1 is 1.11 bits per heavy atom. The number of nitrogens with one attached hydrogen (secondary N) is 1. The number of benzene rings is 2. The summed E-state index contributed by atoms with van der Waals surface area (Å²) in [7, 11) is 3.48. The van der Waals surface area contributed by atoms with Crippen LogP contribution in [0.15, 0.2) is 48.5 Å². The highest BCUT2D eigenvalue weighted by atomic mass is 16.5. The molecule has 2 aromatic carbocycles. The molecule has 1 amide bonds. The first-order valence-corrected chi connectivity index (χ1v) is 12.0. The average Bonchev–Trinajstić information content (AvgIpc) is 3.41. The number of anilines is 2. The van der Waals surface area contributed by atoms with Gasteiger partial charge in [0, 0.05) is 43.6 Å². The summed E-state index contributed by atoms with van der Waals surface area (Å²) in [5, 5.41) is 8.48. The van der Waals surface area contributed by atoms with Crippen molar-refractivity contribution in [3.05, 3.63) is 76.5 Å². The lowest BCUT2D eigenvalue weighted by Gasteiger charge is -2.21. The summed E-state index contributed by atoms with van der Waals surface area (Å²) < 4.78 is 7.20. The zero-order valence-corrected chi connectivity index (χ0v) is 20.8. The Labute approximate surface area is 205 Å². The third kappa shape index (κ3) is 4.34. The minimum absolute atomic E-state index is 0.00341. The molecule has 35 heavy (non-hydrogen) atoms. The molecule has 0 aliphatic carbocycles. The van der Waals surface area contributed by atoms with Gasteiger partial charge in [0.2, 0.25) is 11.8 Å². The Hall–Kier alpha value is -3.87. The fraction of sp³-hybridized carbons (Fsp3) is 0.321. The molecule has 0 saturated carbocycles. The topological polar surface area (TPSA) is 72.3 Å². The lowest BCUT2D eigenvalue weighted by molar-refractivity contribution is -0.116. The van der Waals surface area contributed by atoms with Crippen LogP contribution < -0.4 is 15.0 Å². The van der Waals surface area contributed by atoms with E-state index in [9.17, 15) is 4.79 Å². The van der Waals surface area contributed by atoms with E-state index in [0.717, 1.165) is 58.6 Å². The van der Waals surface area contributed by atoms with Gasteiger partial charge in [0.25, 0.3) is 0 Å². The molecule has 3 heterocycles. The SMILES string of the molecule is COc1nn(C)c2nc(C)c(CCC(=O)Nc3ccccc3CN3CCc4ccccc43)c(C)c12. The third-order valence-electron chi connectivity index (χ3n) is 6.95. The number of aryl methyl sites for hydroxylation is 3. The summed E-state index contributed by atoms with van der Waals surface area (Å²) in [6.45, 7) is 5.81. The van der Waals surface area contributed by atoms with Crippen LogP contribution in [0.5, 0.6) is 5.88 Å². The number of carbonyl (C=O) groups excluding carboxylic acids is 1. The van der Waals surface area contributed by atoms with E-state index in [4.69, 9.17) is 9.72 Å². The first-order valence-electron chi connectivity index (χ1n) is 12.0. The lowest BCUT2D eigenvalue weighted by Crippen LogP contribution is -2.21. The Bertz CT molecular complexity index is 1410. The highest BCUT2D eigenvalue weighted by Crippen LogP contribution is 2.32. The van der Waals surface area contributed by atoms with Crippen LogP contribution in [0, 0.1) is 13.8 Å². The Kier molecular flexibility index (Phi) is 6.16. The van der Waals surface area contributed by atoms with E-state index in [2.05, 4.69) is 52.6 Å². The summed E-state index contributed by atoms with van der Waals surface area (Å²) >= 11 is 0. The van der Waals surface area contributed by atoms with Gasteiger partial charge in [-0.1, -0.05) is 36.4 Å². The number of methoxy groups -OCH3 is 1. The van der Waals surface area contributed by atoms with Gasteiger partial charge >= 0.3 is 0 Å². The molecule has 0 atom stereocenters. The van der Waals surface area contributed by atoms with E-state index >= 15 is 0 Å². The fourth-order valence-electron chi connectivity index (χ4n) is 5.12. The monoisotopic (exact) mass is 469 g/mol. The average molecular weight is 470 g/mol. The molecule has 0 bridgehead atoms. The zero-order chi connectivity index (χ0) is 24.5. The maximum absolute atomic E-state index is 13.0. The maximum Gasteiger partial charge on any atom is 0.242 e. The van der Waals surface area contributed by atoms with Crippen molar-refractivity contribution in [1.29, 1.82) is 0 Å². The van der Waals surface area contributed by atoms with Crippen molar-refractivity contribution in [2.75, 3.05) is 23.9 Å². The molecule has 7 heteroatoms. The van der Waals surface area contributed by atoms with E-state index in [1.165, 1.54) is 11.3 Å². The number of nitrogens with zero attached hydrogens (tertiary/aromatic N) is 4. The van der Waals surface area contributed by atoms with Gasteiger partial charge in [-0.05, 0) is 61.1 Å². The van der Waals surface area contributed by atoms with Crippen LogP contribution in [-0.4, -0.2) is 34.3 Å². The molecule has 0 radical (unpaired) electrons. The van der Waals surface area contributed by atoms with Crippen LogP contribution >= 0.6 is 0 Å². The highest BCUT2D eigenvalue weighted by molar-refractivity contribution is 5.92. The number of rotatable bonds is 7. The largest absolute Gasteiger partial charge is 0.479 e. The molecule has 2 aromatic heterocycles. The van der Waals surface area contributed by atoms with Crippen LogP contribution in [0.4, 0.5) is 11.4 Å². The maximum atomic E-state index is 13.0. The molecule has 1 N–H and O–H groups in total. The van der Waals surface area contributed by atoms with Gasteiger partial charge in [0.15, 0.2) is 5.65 Å². The van der Waals surface area contributed by atoms with Crippen molar-refractivity contribution < 1.29 is 9.53 Å². The van der Waals surface area contributed by atoms with Crippen molar-refractivity contribution in [3.63, 3.8) is 0 Å². The van der Waals surface area contributed by atoms with Crippen LogP contribution in [0.25, 0.3) is 11.0 Å². The van der Waals surface area contributed by atoms with Gasteiger partial charge in [0.05, 0.1) is 12.5 Å². The number of hydrogen-bond donors (Lipinski definition) is 1. The molecule has 1 aliphatic heterocycles. The predicted octanol–water partition coefficient (Wildman–Crippen LogP) is 4.73. The smallest absolute Gasteiger partial charge is 0.242 e. The molecule has 0 unspecified atom stereocenters. The molecule has 1 aliphatic rings. The molecule has 4 aromatic rings. The first-order chi connectivity index (χ1) is 17.0. The molecule has 5 rings (SSSR count). The number of para-hydroxylation sites is 2. The number of carbonyl (C=O) groups is 1. The molecule has 0 saturated heterocycles. The lowest BCUT2D eigenvalue weighted by atomic mass is 10.00. The molecular weight excluding hydrogens is 438 g/mol. The molecule has 180 valence electrons. The van der Waals surface area contributed by atoms with Crippen molar-refractivity contribution in [2.45, 2.75) is 39.7 Å². The summed E-state index contributed by atoms with van der Waals surface area (Å²) in [4.78, 5) is 20.1. The van der Waals surface area contributed by atoms with Gasteiger partial charge in [-0.3, -0.25) is 4.79 Å². The summed E-state index contributed by atoms with van der Waals surface area (Å²) in [6.07, 6.45) is 2.04. The Morgan fingerprint density at radius 3 is 2.71 bits per heavy atom. The molecule has 0 fully saturated rings. The first kappa shape index (κ1) is 22.9. The van der Waals surface area contributed by atoms with Crippen LogP contribution in [-0.2, 0) is 31.2 Å². The second kappa shape index (κ2) is 9.41. The number of hydrogen-bond acceptors (Lipinski definition) is 5. The van der Waals surface area contributed by atoms with Crippen molar-refractivity contribution in [3.8, 4) is 5.88 Å².